The SMILES string of the molecule is COc1nc(C)nc(N(C(N)=O)S(=O)(=O)c2ccccc2CCC(C)(F)F)n1. The zero-order valence-electron chi connectivity index (χ0n) is 15.4. The molecule has 0 saturated carbocycles. The standard InChI is InChI=1S/C16H19F2N5O4S/c1-10-20-14(22-15(21-10)27-3)23(13(19)24)28(25,26)12-7-5-4-6-11(12)8-9-16(2,17)18/h4-7H,8-9H2,1-3H3,(H2,19,24). The van der Waals surface area contributed by atoms with Crippen LogP contribution in [0.4, 0.5) is 19.5 Å². The van der Waals surface area contributed by atoms with E-state index in [9.17, 15) is 22.0 Å². The van der Waals surface area contributed by atoms with Gasteiger partial charge in [-0.2, -0.15) is 15.0 Å². The number of primary amides is 1. The average Bonchev–Trinajstić information content (AvgIpc) is 2.58. The maximum atomic E-state index is 13.2. The number of aromatic nitrogens is 3. The van der Waals surface area contributed by atoms with Crippen LogP contribution in [-0.2, 0) is 16.4 Å². The Morgan fingerprint density at radius 3 is 2.46 bits per heavy atom. The van der Waals surface area contributed by atoms with Gasteiger partial charge in [0.1, 0.15) is 5.82 Å². The second-order valence-electron chi connectivity index (χ2n) is 5.95. The highest BCUT2D eigenvalue weighted by molar-refractivity contribution is 7.93. The van der Waals surface area contributed by atoms with Gasteiger partial charge in [-0.05, 0) is 31.9 Å². The quantitative estimate of drug-likeness (QED) is 0.733. The molecule has 28 heavy (non-hydrogen) atoms. The van der Waals surface area contributed by atoms with Crippen molar-refractivity contribution in [2.24, 2.45) is 5.73 Å². The minimum atomic E-state index is -4.59. The number of rotatable bonds is 7. The Kier molecular flexibility index (Phi) is 6.12. The molecule has 0 fully saturated rings. The van der Waals surface area contributed by atoms with Crippen LogP contribution in [0.25, 0.3) is 0 Å². The monoisotopic (exact) mass is 415 g/mol. The van der Waals surface area contributed by atoms with E-state index in [-0.39, 0.29) is 33.0 Å². The van der Waals surface area contributed by atoms with Crippen LogP contribution in [0.15, 0.2) is 29.2 Å². The van der Waals surface area contributed by atoms with Crippen molar-refractivity contribution in [2.75, 3.05) is 11.4 Å². The summed E-state index contributed by atoms with van der Waals surface area (Å²) in [7, 11) is -3.34. The van der Waals surface area contributed by atoms with E-state index in [2.05, 4.69) is 15.0 Å². The number of halogens is 2. The lowest BCUT2D eigenvalue weighted by Crippen LogP contribution is -2.42. The lowest BCUT2D eigenvalue weighted by atomic mass is 10.1. The molecule has 0 radical (unpaired) electrons. The number of nitrogens with zero attached hydrogens (tertiary/aromatic N) is 4. The highest BCUT2D eigenvalue weighted by Gasteiger charge is 2.34. The van der Waals surface area contributed by atoms with Crippen LogP contribution in [0.3, 0.4) is 0 Å². The molecule has 1 aromatic heterocycles. The summed E-state index contributed by atoms with van der Waals surface area (Å²) in [6.45, 7) is 2.18. The molecular weight excluding hydrogens is 396 g/mol. The van der Waals surface area contributed by atoms with Gasteiger partial charge in [0.25, 0.3) is 16.0 Å². The summed E-state index contributed by atoms with van der Waals surface area (Å²) in [5.74, 6) is -3.46. The minimum Gasteiger partial charge on any atom is -0.467 e. The van der Waals surface area contributed by atoms with Crippen molar-refractivity contribution < 1.29 is 26.7 Å². The molecule has 0 aliphatic heterocycles. The molecule has 9 nitrogen and oxygen atoms in total. The van der Waals surface area contributed by atoms with Gasteiger partial charge in [0.2, 0.25) is 5.92 Å². The lowest BCUT2D eigenvalue weighted by Gasteiger charge is -2.21. The van der Waals surface area contributed by atoms with Crippen molar-refractivity contribution in [3.05, 3.63) is 35.7 Å². The largest absolute Gasteiger partial charge is 0.467 e. The fraction of sp³-hybridized carbons (Fsp3) is 0.375. The summed E-state index contributed by atoms with van der Waals surface area (Å²) < 4.78 is 57.8. The molecule has 2 N–H and O–H groups in total. The highest BCUT2D eigenvalue weighted by Crippen LogP contribution is 2.27. The molecule has 0 unspecified atom stereocenters. The number of hydrogen-bond acceptors (Lipinski definition) is 7. The summed E-state index contributed by atoms with van der Waals surface area (Å²) in [5.41, 5.74) is 5.38. The third-order valence-electron chi connectivity index (χ3n) is 3.60. The van der Waals surface area contributed by atoms with E-state index in [1.165, 1.54) is 38.3 Å². The number of aryl methyl sites for hydroxylation is 2. The van der Waals surface area contributed by atoms with Gasteiger partial charge in [0, 0.05) is 6.42 Å². The van der Waals surface area contributed by atoms with Crippen LogP contribution in [0.1, 0.15) is 24.7 Å². The van der Waals surface area contributed by atoms with Crippen molar-refractivity contribution in [3.63, 3.8) is 0 Å². The summed E-state index contributed by atoms with van der Waals surface area (Å²) >= 11 is 0. The minimum absolute atomic E-state index is 0.0854. The van der Waals surface area contributed by atoms with Crippen LogP contribution in [0.2, 0.25) is 0 Å². The summed E-state index contributed by atoms with van der Waals surface area (Å²) in [4.78, 5) is 23.0. The van der Waals surface area contributed by atoms with Gasteiger partial charge in [-0.3, -0.25) is 0 Å². The Bertz CT molecular complexity index is 979. The van der Waals surface area contributed by atoms with Gasteiger partial charge in [-0.1, -0.05) is 18.2 Å². The van der Waals surface area contributed by atoms with Crippen molar-refractivity contribution >= 4 is 22.0 Å². The molecule has 2 amide bonds. The number of ether oxygens (including phenoxy) is 1. The summed E-state index contributed by atoms with van der Waals surface area (Å²) in [6.07, 6.45) is -0.806. The Balaban J connectivity index is 2.57. The fourth-order valence-electron chi connectivity index (χ4n) is 2.36. The lowest BCUT2D eigenvalue weighted by molar-refractivity contribution is 0.0131. The number of urea groups is 1. The van der Waals surface area contributed by atoms with E-state index < -0.39 is 34.3 Å². The third kappa shape index (κ3) is 4.88. The van der Waals surface area contributed by atoms with Crippen LogP contribution < -0.4 is 14.8 Å². The first-order valence-electron chi connectivity index (χ1n) is 8.03. The average molecular weight is 415 g/mol. The third-order valence-corrected chi connectivity index (χ3v) is 5.38. The summed E-state index contributed by atoms with van der Waals surface area (Å²) in [6, 6.07) is 3.90. The maximum Gasteiger partial charge on any atom is 0.336 e. The van der Waals surface area contributed by atoms with E-state index >= 15 is 0 Å². The smallest absolute Gasteiger partial charge is 0.336 e. The number of hydrogen-bond donors (Lipinski definition) is 1. The Morgan fingerprint density at radius 1 is 1.25 bits per heavy atom. The van der Waals surface area contributed by atoms with Gasteiger partial charge in [-0.15, -0.1) is 4.31 Å². The van der Waals surface area contributed by atoms with Crippen LogP contribution in [0.5, 0.6) is 6.01 Å². The molecule has 0 bridgehead atoms. The molecule has 0 aliphatic carbocycles. The van der Waals surface area contributed by atoms with Crippen molar-refractivity contribution in [1.82, 2.24) is 15.0 Å². The van der Waals surface area contributed by atoms with Gasteiger partial charge < -0.3 is 10.5 Å². The van der Waals surface area contributed by atoms with E-state index in [0.29, 0.717) is 0 Å². The molecule has 0 saturated heterocycles. The number of nitrogens with two attached hydrogens (primary N) is 1. The molecule has 2 aromatic rings. The zero-order chi connectivity index (χ0) is 21.1. The number of anilines is 1. The Labute approximate surface area is 160 Å². The number of benzene rings is 1. The van der Waals surface area contributed by atoms with Crippen molar-refractivity contribution in [3.8, 4) is 6.01 Å². The molecule has 1 aromatic carbocycles. The molecule has 2 rings (SSSR count). The van der Waals surface area contributed by atoms with E-state index in [1.54, 1.807) is 0 Å². The molecule has 152 valence electrons. The zero-order valence-corrected chi connectivity index (χ0v) is 16.2. The van der Waals surface area contributed by atoms with E-state index in [0.717, 1.165) is 6.92 Å². The number of carbonyl (C=O) groups excluding carboxylic acids is 1. The van der Waals surface area contributed by atoms with Crippen molar-refractivity contribution in [1.29, 1.82) is 0 Å². The predicted octanol–water partition coefficient (Wildman–Crippen LogP) is 2.05. The summed E-state index contributed by atoms with van der Waals surface area (Å²) in [5, 5.41) is 0. The normalized spacial score (nSPS) is 11.9. The van der Waals surface area contributed by atoms with Gasteiger partial charge >= 0.3 is 12.0 Å². The Morgan fingerprint density at radius 2 is 1.89 bits per heavy atom. The number of amides is 2. The van der Waals surface area contributed by atoms with E-state index in [4.69, 9.17) is 10.5 Å². The van der Waals surface area contributed by atoms with Crippen molar-refractivity contribution in [2.45, 2.75) is 37.5 Å². The van der Waals surface area contributed by atoms with E-state index in [1.807, 2.05) is 0 Å². The number of sulfonamides is 1. The molecule has 0 aliphatic rings. The van der Waals surface area contributed by atoms with Crippen LogP contribution in [-0.4, -0.2) is 42.4 Å². The molecular formula is C16H19F2N5O4S. The molecule has 12 heteroatoms. The Hall–Kier alpha value is -2.89. The number of alkyl halides is 2. The topological polar surface area (TPSA) is 128 Å². The number of carbonyl (C=O) groups is 1. The second-order valence-corrected chi connectivity index (χ2v) is 7.71. The van der Waals surface area contributed by atoms with Gasteiger partial charge in [0.05, 0.1) is 12.0 Å². The fourth-order valence-corrected chi connectivity index (χ4v) is 3.85. The first kappa shape index (κ1) is 21.4. The van der Waals surface area contributed by atoms with Crippen LogP contribution in [0, 0.1) is 6.92 Å². The predicted molar refractivity (Wildman–Crippen MR) is 95.7 cm³/mol. The molecule has 0 spiro atoms. The highest BCUT2D eigenvalue weighted by atomic mass is 32.2. The van der Waals surface area contributed by atoms with Gasteiger partial charge in [0.15, 0.2) is 0 Å². The van der Waals surface area contributed by atoms with Crippen LogP contribution >= 0.6 is 0 Å². The second kappa shape index (κ2) is 8.00. The maximum absolute atomic E-state index is 13.2. The molecule has 1 heterocycles. The number of methoxy groups -OCH3 is 1. The first-order chi connectivity index (χ1) is 13.0. The first-order valence-corrected chi connectivity index (χ1v) is 9.47. The van der Waals surface area contributed by atoms with Gasteiger partial charge in [-0.25, -0.2) is 22.0 Å². The molecule has 0 atom stereocenters.